The van der Waals surface area contributed by atoms with E-state index in [-0.39, 0.29) is 9.79 Å². The molecule has 0 aliphatic heterocycles. The summed E-state index contributed by atoms with van der Waals surface area (Å²) >= 11 is 7.11. The lowest BCUT2D eigenvalue weighted by Crippen LogP contribution is -2.44. The van der Waals surface area contributed by atoms with E-state index in [9.17, 15) is 26.4 Å². The van der Waals surface area contributed by atoms with E-state index in [2.05, 4.69) is 20.6 Å². The third kappa shape index (κ3) is 8.86. The highest BCUT2D eigenvalue weighted by Gasteiger charge is 2.44. The molecule has 2 heterocycles. The van der Waals surface area contributed by atoms with Crippen LogP contribution in [0, 0.1) is 0 Å². The van der Waals surface area contributed by atoms with E-state index >= 15 is 0 Å². The maximum atomic E-state index is 13.0. The summed E-state index contributed by atoms with van der Waals surface area (Å²) < 4.78 is 58.7. The van der Waals surface area contributed by atoms with Crippen LogP contribution in [0.3, 0.4) is 0 Å². The Hall–Kier alpha value is -5.35. The zero-order chi connectivity index (χ0) is 40.9. The Morgan fingerprint density at radius 2 is 1.20 bits per heavy atom. The van der Waals surface area contributed by atoms with E-state index in [1.54, 1.807) is 47.8 Å². The number of sulfone groups is 2. The number of aromatic nitrogens is 2. The van der Waals surface area contributed by atoms with E-state index in [0.717, 1.165) is 16.5 Å². The molecule has 0 unspecified atom stereocenters. The predicted octanol–water partition coefficient (Wildman–Crippen LogP) is 8.10. The van der Waals surface area contributed by atoms with E-state index in [4.69, 9.17) is 21.1 Å². The highest BCUT2D eigenvalue weighted by molar-refractivity contribution is 7.94. The van der Waals surface area contributed by atoms with Crippen molar-refractivity contribution in [2.24, 2.45) is 0 Å². The van der Waals surface area contributed by atoms with Crippen LogP contribution >= 0.6 is 22.9 Å². The Morgan fingerprint density at radius 1 is 0.696 bits per heavy atom. The van der Waals surface area contributed by atoms with E-state index in [1.165, 1.54) is 83.7 Å². The predicted molar refractivity (Wildman–Crippen MR) is 220 cm³/mol. The number of carbonyl (C=O) groups excluding carboxylic acids is 2. The van der Waals surface area contributed by atoms with Crippen molar-refractivity contribution in [2.45, 2.75) is 47.0 Å². The maximum absolute atomic E-state index is 13.0. The van der Waals surface area contributed by atoms with Gasteiger partial charge in [0.25, 0.3) is 0 Å². The van der Waals surface area contributed by atoms with Gasteiger partial charge in [0.05, 0.1) is 47.1 Å². The van der Waals surface area contributed by atoms with Crippen LogP contribution in [0.15, 0.2) is 124 Å². The number of rotatable bonds is 11. The van der Waals surface area contributed by atoms with Crippen molar-refractivity contribution in [2.75, 3.05) is 24.9 Å². The molecule has 0 aliphatic rings. The molecule has 0 radical (unpaired) electrons. The first-order chi connectivity index (χ1) is 26.4. The van der Waals surface area contributed by atoms with Gasteiger partial charge < -0.3 is 20.1 Å². The Morgan fingerprint density at radius 3 is 1.71 bits per heavy atom. The largest absolute Gasteiger partial charge is 0.497 e. The van der Waals surface area contributed by atoms with Crippen molar-refractivity contribution in [3.8, 4) is 22.8 Å². The molecular formula is C40H39ClN4O8S3. The smallest absolute Gasteiger partial charge is 0.247 e. The molecule has 0 bridgehead atoms. The minimum Gasteiger partial charge on any atom is -0.497 e. The first-order valence-corrected chi connectivity index (χ1v) is 21.1. The van der Waals surface area contributed by atoms with Gasteiger partial charge in [0.15, 0.2) is 24.8 Å². The zero-order valence-corrected chi connectivity index (χ0v) is 34.4. The molecule has 2 amide bonds. The molecule has 2 N–H and O–H groups in total. The van der Waals surface area contributed by atoms with Crippen LogP contribution in [0.2, 0.25) is 5.02 Å². The fourth-order valence-corrected chi connectivity index (χ4v) is 8.69. The van der Waals surface area contributed by atoms with Gasteiger partial charge in [-0.05, 0) is 100 Å². The summed E-state index contributed by atoms with van der Waals surface area (Å²) in [5, 5.41) is 8.85. The number of carbonyl (C=O) groups is 2. The molecule has 0 saturated heterocycles. The number of thiazole rings is 1. The summed E-state index contributed by atoms with van der Waals surface area (Å²) in [6.45, 7) is 5.51. The maximum Gasteiger partial charge on any atom is 0.247 e. The summed E-state index contributed by atoms with van der Waals surface area (Å²) in [4.78, 5) is 34.3. The second-order valence-corrected chi connectivity index (χ2v) is 19.5. The number of nitrogens with zero attached hydrogens (tertiary/aromatic N) is 2. The number of pyridine rings is 1. The highest BCUT2D eigenvalue weighted by Crippen LogP contribution is 2.32. The lowest BCUT2D eigenvalue weighted by atomic mass is 10.1. The van der Waals surface area contributed by atoms with Crippen molar-refractivity contribution >= 4 is 76.1 Å². The lowest BCUT2D eigenvalue weighted by molar-refractivity contribution is -0.118. The van der Waals surface area contributed by atoms with E-state index < -0.39 is 41.0 Å². The van der Waals surface area contributed by atoms with Crippen LogP contribution < -0.4 is 20.1 Å². The number of fused-ring (bicyclic) bond motifs is 1. The molecule has 16 heteroatoms. The fourth-order valence-electron chi connectivity index (χ4n) is 5.10. The fraction of sp³-hybridized carbons (Fsp3) is 0.200. The summed E-state index contributed by atoms with van der Waals surface area (Å²) in [5.74, 6) is -0.220. The van der Waals surface area contributed by atoms with Crippen LogP contribution in [0.4, 0.5) is 10.8 Å². The quantitative estimate of drug-likeness (QED) is 0.130. The summed E-state index contributed by atoms with van der Waals surface area (Å²) in [5.41, 5.74) is 2.74. The molecule has 0 aliphatic carbocycles. The molecule has 12 nitrogen and oxygen atoms in total. The Labute approximate surface area is 334 Å². The number of nitrogens with one attached hydrogen (secondary N) is 2. The van der Waals surface area contributed by atoms with Crippen LogP contribution in [0.1, 0.15) is 27.7 Å². The van der Waals surface area contributed by atoms with Crippen molar-refractivity contribution in [3.05, 3.63) is 120 Å². The van der Waals surface area contributed by atoms with Gasteiger partial charge in [0, 0.05) is 21.4 Å². The van der Waals surface area contributed by atoms with Gasteiger partial charge >= 0.3 is 0 Å². The van der Waals surface area contributed by atoms with Gasteiger partial charge in [-0.3, -0.25) is 14.6 Å². The summed E-state index contributed by atoms with van der Waals surface area (Å²) in [6, 6.07) is 28.3. The number of anilines is 2. The number of ether oxygens (including phenoxy) is 2. The van der Waals surface area contributed by atoms with Crippen LogP contribution in [-0.4, -0.2) is 62.3 Å². The van der Waals surface area contributed by atoms with Gasteiger partial charge in [-0.25, -0.2) is 21.8 Å². The topological polar surface area (TPSA) is 171 Å². The molecular weight excluding hydrogens is 796 g/mol. The number of para-hydroxylation sites is 1. The Balaban J connectivity index is 0.000000215. The van der Waals surface area contributed by atoms with Crippen LogP contribution in [0.5, 0.6) is 11.5 Å². The van der Waals surface area contributed by atoms with Crippen LogP contribution in [0.25, 0.3) is 22.2 Å². The second-order valence-electron chi connectivity index (χ2n) is 13.2. The molecule has 6 rings (SSSR count). The van der Waals surface area contributed by atoms with Crippen molar-refractivity contribution in [3.63, 3.8) is 0 Å². The second kappa shape index (κ2) is 16.8. The average molecular weight is 835 g/mol. The van der Waals surface area contributed by atoms with E-state index in [0.29, 0.717) is 33.0 Å². The number of amides is 2. The molecule has 292 valence electrons. The number of hydrogen-bond acceptors (Lipinski definition) is 11. The molecule has 2 aromatic heterocycles. The Bertz CT molecular complexity index is 2580. The van der Waals surface area contributed by atoms with Gasteiger partial charge in [0.1, 0.15) is 21.0 Å². The zero-order valence-electron chi connectivity index (χ0n) is 31.2. The van der Waals surface area contributed by atoms with Crippen molar-refractivity contribution < 1.29 is 35.9 Å². The summed E-state index contributed by atoms with van der Waals surface area (Å²) in [7, 11) is -4.86. The molecule has 0 fully saturated rings. The first-order valence-electron chi connectivity index (χ1n) is 16.9. The molecule has 0 spiro atoms. The average Bonchev–Trinajstić information content (AvgIpc) is 3.66. The van der Waals surface area contributed by atoms with E-state index in [1.807, 2.05) is 36.4 Å². The van der Waals surface area contributed by atoms with Crippen molar-refractivity contribution in [1.29, 1.82) is 0 Å². The highest BCUT2D eigenvalue weighted by atomic mass is 35.5. The summed E-state index contributed by atoms with van der Waals surface area (Å²) in [6.07, 6.45) is 1.51. The molecule has 6 aromatic rings. The van der Waals surface area contributed by atoms with Gasteiger partial charge in [-0.1, -0.05) is 41.9 Å². The minimum absolute atomic E-state index is 0.0412. The lowest BCUT2D eigenvalue weighted by Gasteiger charge is -2.24. The molecule has 0 saturated carbocycles. The monoisotopic (exact) mass is 834 g/mol. The number of benzene rings is 4. The third-order valence-electron chi connectivity index (χ3n) is 8.89. The third-order valence-corrected chi connectivity index (χ3v) is 14.7. The minimum atomic E-state index is -3.94. The Kier molecular flexibility index (Phi) is 12.5. The van der Waals surface area contributed by atoms with Crippen LogP contribution in [-0.2, 0) is 29.3 Å². The van der Waals surface area contributed by atoms with Gasteiger partial charge in [-0.15, -0.1) is 11.3 Å². The number of halogens is 1. The number of hydrogen-bond donors (Lipinski definition) is 2. The standard InChI is InChI=1S/C20H19ClN2O4S2.C20H20N2O4S/c1-20(2,29(25,26)16-10-8-15(27-3)9-11-16)18(24)23-19-22-17(12-28-19)13-4-6-14(21)7-5-13;1-20(2,27(24,25)17-10-8-16(26-3)9-11-17)19(23)22-15-12-14-6-4-5-7-18(14)21-13-15/h4-12H,1-3H3,(H,22,23,24);4-13H,1-3H3,(H,22,23). The van der Waals surface area contributed by atoms with Gasteiger partial charge in [0.2, 0.25) is 11.8 Å². The molecule has 0 atom stereocenters. The first kappa shape index (κ1) is 41.8. The molecule has 4 aromatic carbocycles. The molecule has 56 heavy (non-hydrogen) atoms. The normalized spacial score (nSPS) is 11.9. The van der Waals surface area contributed by atoms with Gasteiger partial charge in [-0.2, -0.15) is 0 Å². The van der Waals surface area contributed by atoms with Crippen molar-refractivity contribution in [1.82, 2.24) is 9.97 Å². The number of methoxy groups -OCH3 is 2. The SMILES string of the molecule is COc1ccc(S(=O)(=O)C(C)(C)C(=O)Nc2cnc3ccccc3c2)cc1.COc1ccc(S(=O)(=O)C(C)(C)C(=O)Nc2nc(-c3ccc(Cl)cc3)cs2)cc1.